The van der Waals surface area contributed by atoms with Gasteiger partial charge in [-0.05, 0) is 34.3 Å². The molecule has 0 aliphatic carbocycles. The van der Waals surface area contributed by atoms with Crippen LogP contribution in [-0.4, -0.2) is 37.5 Å². The summed E-state index contributed by atoms with van der Waals surface area (Å²) in [6.07, 6.45) is 0. The maximum Gasteiger partial charge on any atom is 0.0725 e. The Kier molecular flexibility index (Phi) is 4.52. The molecule has 1 aromatic rings. The second kappa shape index (κ2) is 5.22. The first-order valence-electron chi connectivity index (χ1n) is 4.43. The average molecular weight is 275 g/mol. The summed E-state index contributed by atoms with van der Waals surface area (Å²) in [7, 11) is 8.09. The van der Waals surface area contributed by atoms with Crippen LogP contribution >= 0.6 is 24.2 Å². The van der Waals surface area contributed by atoms with E-state index in [1.54, 1.807) is 0 Å². The van der Waals surface area contributed by atoms with E-state index < -0.39 is 0 Å². The zero-order valence-electron chi connectivity index (χ0n) is 9.03. The van der Waals surface area contributed by atoms with Crippen LogP contribution in [0, 0.1) is 0 Å². The minimum absolute atomic E-state index is 0.375. The maximum absolute atomic E-state index is 3.60. The quantitative estimate of drug-likeness (QED) is 0.782. The molecule has 0 N–H and O–H groups in total. The van der Waals surface area contributed by atoms with Crippen molar-refractivity contribution in [3.8, 4) is 0 Å². The van der Waals surface area contributed by atoms with E-state index in [9.17, 15) is 0 Å². The minimum Gasteiger partial charge on any atom is -0.272 e. The van der Waals surface area contributed by atoms with E-state index in [4.69, 9.17) is 0 Å². The topological polar surface area (TPSA) is 6.48 Å². The zero-order chi connectivity index (χ0) is 10.7. The standard InChI is InChI=1S/C10H16BrN2P/c1-12(2)14(13(3)4)10-8-6-5-7-9(10)11/h5-8H,1-4H3. The largest absolute Gasteiger partial charge is 0.272 e. The third-order valence-electron chi connectivity index (χ3n) is 1.83. The van der Waals surface area contributed by atoms with Crippen molar-refractivity contribution in [3.63, 3.8) is 0 Å². The predicted octanol–water partition coefficient (Wildman–Crippen LogP) is 2.51. The molecule has 0 fully saturated rings. The van der Waals surface area contributed by atoms with Gasteiger partial charge in [-0.3, -0.25) is 9.34 Å². The minimum atomic E-state index is -0.375. The number of hydrogen-bond donors (Lipinski definition) is 0. The lowest BCUT2D eigenvalue weighted by atomic mass is 10.4. The van der Waals surface area contributed by atoms with Crippen molar-refractivity contribution in [3.05, 3.63) is 28.7 Å². The molecule has 0 unspecified atom stereocenters. The Hall–Kier alpha value is 0.0500. The number of rotatable bonds is 3. The third-order valence-corrected chi connectivity index (χ3v) is 5.16. The lowest BCUT2D eigenvalue weighted by Gasteiger charge is -2.30. The van der Waals surface area contributed by atoms with Crippen molar-refractivity contribution >= 4 is 29.5 Å². The van der Waals surface area contributed by atoms with E-state index in [-0.39, 0.29) is 8.22 Å². The molecule has 0 spiro atoms. The molecule has 14 heavy (non-hydrogen) atoms. The fraction of sp³-hybridized carbons (Fsp3) is 0.400. The average Bonchev–Trinajstić information content (AvgIpc) is 2.07. The molecule has 1 aromatic carbocycles. The molecule has 0 heterocycles. The summed E-state index contributed by atoms with van der Waals surface area (Å²) in [4.78, 5) is 0. The summed E-state index contributed by atoms with van der Waals surface area (Å²) < 4.78 is 5.71. The summed E-state index contributed by atoms with van der Waals surface area (Å²) >= 11 is 3.60. The normalized spacial score (nSPS) is 11.7. The van der Waals surface area contributed by atoms with Crippen LogP contribution in [0.2, 0.25) is 0 Å². The highest BCUT2D eigenvalue weighted by atomic mass is 79.9. The van der Waals surface area contributed by atoms with Gasteiger partial charge < -0.3 is 0 Å². The van der Waals surface area contributed by atoms with Gasteiger partial charge in [-0.2, -0.15) is 0 Å². The van der Waals surface area contributed by atoms with Crippen molar-refractivity contribution in [2.45, 2.75) is 0 Å². The molecule has 1 rings (SSSR count). The van der Waals surface area contributed by atoms with Crippen molar-refractivity contribution in [2.24, 2.45) is 0 Å². The van der Waals surface area contributed by atoms with E-state index in [1.165, 1.54) is 9.78 Å². The lowest BCUT2D eigenvalue weighted by Crippen LogP contribution is -2.25. The van der Waals surface area contributed by atoms with Crippen LogP contribution in [0.15, 0.2) is 28.7 Å². The van der Waals surface area contributed by atoms with E-state index in [2.05, 4.69) is 71.7 Å². The predicted molar refractivity (Wildman–Crippen MR) is 68.1 cm³/mol. The second-order valence-electron chi connectivity index (χ2n) is 3.44. The molecular weight excluding hydrogens is 259 g/mol. The van der Waals surface area contributed by atoms with Crippen LogP contribution in [-0.2, 0) is 0 Å². The highest BCUT2D eigenvalue weighted by molar-refractivity contribution is 9.10. The number of nitrogens with zero attached hydrogens (tertiary/aromatic N) is 2. The van der Waals surface area contributed by atoms with Gasteiger partial charge in [0.1, 0.15) is 0 Å². The Morgan fingerprint density at radius 3 is 1.93 bits per heavy atom. The Morgan fingerprint density at radius 1 is 1.00 bits per heavy atom. The van der Waals surface area contributed by atoms with Gasteiger partial charge in [0.2, 0.25) is 0 Å². The van der Waals surface area contributed by atoms with Gasteiger partial charge in [0, 0.05) is 9.78 Å². The van der Waals surface area contributed by atoms with Gasteiger partial charge >= 0.3 is 0 Å². The number of halogens is 1. The molecule has 0 amide bonds. The van der Waals surface area contributed by atoms with Crippen LogP contribution in [0.4, 0.5) is 0 Å². The van der Waals surface area contributed by atoms with Gasteiger partial charge in [0.15, 0.2) is 0 Å². The Balaban J connectivity index is 3.05. The highest BCUT2D eigenvalue weighted by Crippen LogP contribution is 2.40. The Bertz CT molecular complexity index is 294. The first-order valence-corrected chi connectivity index (χ1v) is 6.47. The molecule has 0 aliphatic heterocycles. The van der Waals surface area contributed by atoms with Crippen molar-refractivity contribution < 1.29 is 0 Å². The molecule has 4 heteroatoms. The van der Waals surface area contributed by atoms with Gasteiger partial charge in [-0.25, -0.2) is 0 Å². The van der Waals surface area contributed by atoms with Gasteiger partial charge in [0.25, 0.3) is 0 Å². The SMILES string of the molecule is CN(C)P(c1ccccc1Br)N(C)C. The summed E-state index contributed by atoms with van der Waals surface area (Å²) in [5.41, 5.74) is 0. The first-order chi connectivity index (χ1) is 6.54. The van der Waals surface area contributed by atoms with Crippen LogP contribution in [0.3, 0.4) is 0 Å². The van der Waals surface area contributed by atoms with Gasteiger partial charge in [-0.15, -0.1) is 0 Å². The Labute approximate surface area is 95.9 Å². The number of benzene rings is 1. The summed E-state index contributed by atoms with van der Waals surface area (Å²) in [5.74, 6) is 0. The van der Waals surface area contributed by atoms with Crippen molar-refractivity contribution in [1.82, 2.24) is 9.34 Å². The van der Waals surface area contributed by atoms with Crippen LogP contribution in [0.1, 0.15) is 0 Å². The third kappa shape index (κ3) is 2.77. The molecule has 2 nitrogen and oxygen atoms in total. The molecule has 0 bridgehead atoms. The molecule has 0 saturated heterocycles. The van der Waals surface area contributed by atoms with Crippen LogP contribution < -0.4 is 5.30 Å². The molecule has 0 radical (unpaired) electrons. The monoisotopic (exact) mass is 274 g/mol. The first kappa shape index (κ1) is 12.1. The smallest absolute Gasteiger partial charge is 0.0725 e. The van der Waals surface area contributed by atoms with Gasteiger partial charge in [-0.1, -0.05) is 34.1 Å². The zero-order valence-corrected chi connectivity index (χ0v) is 11.5. The fourth-order valence-electron chi connectivity index (χ4n) is 1.40. The summed E-state index contributed by atoms with van der Waals surface area (Å²) in [6, 6.07) is 8.41. The van der Waals surface area contributed by atoms with Crippen molar-refractivity contribution in [1.29, 1.82) is 0 Å². The second-order valence-corrected chi connectivity index (χ2v) is 6.95. The van der Waals surface area contributed by atoms with E-state index in [0.717, 1.165) is 0 Å². The molecule has 0 aromatic heterocycles. The molecule has 0 atom stereocenters. The van der Waals surface area contributed by atoms with Crippen LogP contribution in [0.25, 0.3) is 0 Å². The van der Waals surface area contributed by atoms with Gasteiger partial charge in [0.05, 0.1) is 8.22 Å². The molecular formula is C10H16BrN2P. The van der Waals surface area contributed by atoms with E-state index in [1.807, 2.05) is 6.07 Å². The number of hydrogen-bond acceptors (Lipinski definition) is 2. The maximum atomic E-state index is 3.60. The van der Waals surface area contributed by atoms with E-state index in [0.29, 0.717) is 0 Å². The Morgan fingerprint density at radius 2 is 1.50 bits per heavy atom. The molecule has 0 saturated carbocycles. The van der Waals surface area contributed by atoms with E-state index >= 15 is 0 Å². The lowest BCUT2D eigenvalue weighted by molar-refractivity contribution is 0.584. The molecule has 78 valence electrons. The van der Waals surface area contributed by atoms with Crippen LogP contribution in [0.5, 0.6) is 0 Å². The fourth-order valence-corrected chi connectivity index (χ4v) is 4.23. The summed E-state index contributed by atoms with van der Waals surface area (Å²) in [6.45, 7) is 0. The molecule has 0 aliphatic rings. The summed E-state index contributed by atoms with van der Waals surface area (Å²) in [5, 5.41) is 1.36. The highest BCUT2D eigenvalue weighted by Gasteiger charge is 2.18. The van der Waals surface area contributed by atoms with Crippen molar-refractivity contribution in [2.75, 3.05) is 28.2 Å².